The molecule has 0 spiro atoms. The van der Waals surface area contributed by atoms with E-state index in [1.807, 2.05) is 0 Å². The molecular weight excluding hydrogens is 318 g/mol. The van der Waals surface area contributed by atoms with Crippen LogP contribution in [0.1, 0.15) is 6.92 Å². The van der Waals surface area contributed by atoms with Crippen LogP contribution in [0.2, 0.25) is 0 Å². The number of carbonyl (C=O) groups excluding carboxylic acids is 2. The highest BCUT2D eigenvalue weighted by Gasteiger charge is 2.33. The van der Waals surface area contributed by atoms with E-state index in [2.05, 4.69) is 0 Å². The number of anilines is 1. The van der Waals surface area contributed by atoms with Gasteiger partial charge in [-0.05, 0) is 19.1 Å². The number of piperazine rings is 1. The zero-order valence-corrected chi connectivity index (χ0v) is 14.1. The summed E-state index contributed by atoms with van der Waals surface area (Å²) in [5.74, 6) is -0.259. The van der Waals surface area contributed by atoms with Crippen molar-refractivity contribution in [3.8, 4) is 0 Å². The molecule has 0 aromatic heterocycles. The number of nitrogens with zero attached hydrogens (tertiary/aromatic N) is 3. The highest BCUT2D eigenvalue weighted by Crippen LogP contribution is 2.21. The van der Waals surface area contributed by atoms with Gasteiger partial charge in [-0.1, -0.05) is 18.2 Å². The molecule has 126 valence electrons. The smallest absolute Gasteiger partial charge is 0.246 e. The molecule has 2 rings (SSSR count). The number of carbonyl (C=O) groups is 2. The van der Waals surface area contributed by atoms with Crippen LogP contribution in [-0.2, 0) is 19.6 Å². The van der Waals surface area contributed by atoms with Crippen LogP contribution >= 0.6 is 0 Å². The Hall–Kier alpha value is -2.09. The third-order valence-electron chi connectivity index (χ3n) is 3.85. The van der Waals surface area contributed by atoms with Gasteiger partial charge in [-0.25, -0.2) is 8.42 Å². The van der Waals surface area contributed by atoms with E-state index < -0.39 is 16.1 Å². The van der Waals surface area contributed by atoms with Crippen LogP contribution in [0.5, 0.6) is 0 Å². The van der Waals surface area contributed by atoms with Gasteiger partial charge in [0.05, 0.1) is 11.9 Å². The molecule has 23 heavy (non-hydrogen) atoms. The van der Waals surface area contributed by atoms with Crippen molar-refractivity contribution in [1.82, 2.24) is 9.80 Å². The molecule has 0 unspecified atom stereocenters. The highest BCUT2D eigenvalue weighted by molar-refractivity contribution is 7.92. The first kappa shape index (κ1) is 17.3. The lowest BCUT2D eigenvalue weighted by Gasteiger charge is -2.36. The summed E-state index contributed by atoms with van der Waals surface area (Å²) >= 11 is 0. The Labute approximate surface area is 136 Å². The lowest BCUT2D eigenvalue weighted by atomic mass is 10.2. The molecule has 1 aliphatic rings. The standard InChI is InChI=1S/C15H21N3O4S/c1-13(15(20)17-10-8-16(12-19)9-11-17)18(23(2,21)22)14-6-4-3-5-7-14/h3-7,12-13H,8-11H2,1-2H3/t13-/m1/s1. The van der Waals surface area contributed by atoms with Crippen LogP contribution in [0.3, 0.4) is 0 Å². The van der Waals surface area contributed by atoms with Gasteiger partial charge in [0.1, 0.15) is 6.04 Å². The van der Waals surface area contributed by atoms with Crippen LogP contribution in [0.15, 0.2) is 30.3 Å². The fraction of sp³-hybridized carbons (Fsp3) is 0.467. The predicted molar refractivity (Wildman–Crippen MR) is 87.4 cm³/mol. The zero-order valence-electron chi connectivity index (χ0n) is 13.3. The SMILES string of the molecule is C[C@H](C(=O)N1CCN(C=O)CC1)N(c1ccccc1)S(C)(=O)=O. The molecule has 1 fully saturated rings. The second-order valence-electron chi connectivity index (χ2n) is 5.54. The minimum absolute atomic E-state index is 0.259. The highest BCUT2D eigenvalue weighted by atomic mass is 32.2. The number of benzene rings is 1. The number of rotatable bonds is 5. The van der Waals surface area contributed by atoms with Crippen molar-refractivity contribution in [3.63, 3.8) is 0 Å². The van der Waals surface area contributed by atoms with Crippen molar-refractivity contribution in [2.45, 2.75) is 13.0 Å². The van der Waals surface area contributed by atoms with Gasteiger partial charge < -0.3 is 9.80 Å². The van der Waals surface area contributed by atoms with Gasteiger partial charge in [-0.15, -0.1) is 0 Å². The molecule has 0 aliphatic carbocycles. The van der Waals surface area contributed by atoms with Crippen LogP contribution in [0.4, 0.5) is 5.69 Å². The molecule has 7 nitrogen and oxygen atoms in total. The second-order valence-corrected chi connectivity index (χ2v) is 7.40. The average Bonchev–Trinajstić information content (AvgIpc) is 2.54. The summed E-state index contributed by atoms with van der Waals surface area (Å²) in [5, 5.41) is 0. The van der Waals surface area contributed by atoms with Gasteiger partial charge in [0.15, 0.2) is 0 Å². The van der Waals surface area contributed by atoms with Crippen molar-refractivity contribution in [3.05, 3.63) is 30.3 Å². The van der Waals surface area contributed by atoms with Crippen LogP contribution in [-0.4, -0.2) is 69.0 Å². The van der Waals surface area contributed by atoms with E-state index in [-0.39, 0.29) is 5.91 Å². The molecule has 0 bridgehead atoms. The Kier molecular flexibility index (Phi) is 5.25. The van der Waals surface area contributed by atoms with Crippen molar-refractivity contribution in [1.29, 1.82) is 0 Å². The van der Waals surface area contributed by atoms with Gasteiger partial charge >= 0.3 is 0 Å². The normalized spacial score (nSPS) is 16.8. The Bertz CT molecular complexity index is 655. The van der Waals surface area contributed by atoms with E-state index in [0.717, 1.165) is 17.0 Å². The number of para-hydroxylation sites is 1. The molecule has 1 aliphatic heterocycles. The van der Waals surface area contributed by atoms with E-state index in [4.69, 9.17) is 0 Å². The van der Waals surface area contributed by atoms with Gasteiger partial charge in [0.25, 0.3) is 0 Å². The molecule has 1 aromatic carbocycles. The Balaban J connectivity index is 2.20. The maximum Gasteiger partial charge on any atom is 0.246 e. The lowest BCUT2D eigenvalue weighted by molar-refractivity contribution is -0.135. The molecular formula is C15H21N3O4S. The minimum Gasteiger partial charge on any atom is -0.342 e. The summed E-state index contributed by atoms with van der Waals surface area (Å²) in [6.07, 6.45) is 1.85. The average molecular weight is 339 g/mol. The molecule has 1 heterocycles. The third kappa shape index (κ3) is 4.01. The van der Waals surface area contributed by atoms with E-state index >= 15 is 0 Å². The van der Waals surface area contributed by atoms with Crippen LogP contribution < -0.4 is 4.31 Å². The number of hydrogen-bond acceptors (Lipinski definition) is 4. The molecule has 1 atom stereocenters. The first-order valence-electron chi connectivity index (χ1n) is 7.37. The third-order valence-corrected chi connectivity index (χ3v) is 5.09. The molecule has 0 saturated carbocycles. The number of amides is 2. The van der Waals surface area contributed by atoms with Crippen LogP contribution in [0, 0.1) is 0 Å². The second kappa shape index (κ2) is 6.99. The van der Waals surface area contributed by atoms with Crippen molar-refractivity contribution < 1.29 is 18.0 Å². The molecule has 2 amide bonds. The summed E-state index contributed by atoms with van der Waals surface area (Å²) in [6.45, 7) is 3.34. The molecule has 1 aromatic rings. The van der Waals surface area contributed by atoms with E-state index in [1.54, 1.807) is 47.1 Å². The Morgan fingerprint density at radius 1 is 1.17 bits per heavy atom. The monoisotopic (exact) mass is 339 g/mol. The van der Waals surface area contributed by atoms with Crippen molar-refractivity contribution in [2.24, 2.45) is 0 Å². The molecule has 0 N–H and O–H groups in total. The fourth-order valence-corrected chi connectivity index (χ4v) is 3.86. The zero-order chi connectivity index (χ0) is 17.0. The largest absolute Gasteiger partial charge is 0.342 e. The molecule has 8 heteroatoms. The van der Waals surface area contributed by atoms with Gasteiger partial charge in [0.2, 0.25) is 22.3 Å². The van der Waals surface area contributed by atoms with Gasteiger partial charge in [-0.3, -0.25) is 13.9 Å². The first-order valence-corrected chi connectivity index (χ1v) is 9.22. The topological polar surface area (TPSA) is 78.0 Å². The Morgan fingerprint density at radius 3 is 2.22 bits per heavy atom. The van der Waals surface area contributed by atoms with E-state index in [0.29, 0.717) is 31.9 Å². The van der Waals surface area contributed by atoms with E-state index in [1.165, 1.54) is 0 Å². The first-order chi connectivity index (χ1) is 10.8. The van der Waals surface area contributed by atoms with Gasteiger partial charge in [0, 0.05) is 26.2 Å². The number of sulfonamides is 1. The summed E-state index contributed by atoms with van der Waals surface area (Å²) in [5.41, 5.74) is 0.461. The summed E-state index contributed by atoms with van der Waals surface area (Å²) < 4.78 is 25.5. The Morgan fingerprint density at radius 2 is 1.74 bits per heavy atom. The molecule has 0 radical (unpaired) electrons. The lowest BCUT2D eigenvalue weighted by Crippen LogP contribution is -2.55. The van der Waals surface area contributed by atoms with Crippen LogP contribution in [0.25, 0.3) is 0 Å². The predicted octanol–water partition coefficient (Wildman–Crippen LogP) is 0.142. The van der Waals surface area contributed by atoms with Crippen molar-refractivity contribution in [2.75, 3.05) is 36.7 Å². The minimum atomic E-state index is -3.60. The summed E-state index contributed by atoms with van der Waals surface area (Å²) in [7, 11) is -3.60. The summed E-state index contributed by atoms with van der Waals surface area (Å²) in [4.78, 5) is 26.6. The van der Waals surface area contributed by atoms with Gasteiger partial charge in [-0.2, -0.15) is 0 Å². The maximum absolute atomic E-state index is 12.7. The quantitative estimate of drug-likeness (QED) is 0.715. The fourth-order valence-electron chi connectivity index (χ4n) is 2.69. The maximum atomic E-state index is 12.7. The van der Waals surface area contributed by atoms with E-state index in [9.17, 15) is 18.0 Å². The molecule has 1 saturated heterocycles. The van der Waals surface area contributed by atoms with Crippen molar-refractivity contribution >= 4 is 28.0 Å². The number of hydrogen-bond donors (Lipinski definition) is 0. The summed E-state index contributed by atoms with van der Waals surface area (Å²) in [6, 6.07) is 7.73.